The quantitative estimate of drug-likeness (QED) is 0.847. The molecule has 0 aliphatic heterocycles. The molecule has 2 nitrogen and oxygen atoms in total. The van der Waals surface area contributed by atoms with Crippen molar-refractivity contribution in [2.24, 2.45) is 5.92 Å². The largest absolute Gasteiger partial charge is 0.387 e. The van der Waals surface area contributed by atoms with Gasteiger partial charge in [0.25, 0.3) is 0 Å². The van der Waals surface area contributed by atoms with Gasteiger partial charge in [-0.2, -0.15) is 11.3 Å². The van der Waals surface area contributed by atoms with Gasteiger partial charge in [0.2, 0.25) is 0 Å². The van der Waals surface area contributed by atoms with E-state index >= 15 is 0 Å². The Hall–Kier alpha value is -0.680. The Kier molecular flexibility index (Phi) is 3.80. The van der Waals surface area contributed by atoms with Gasteiger partial charge in [-0.3, -0.25) is 0 Å². The van der Waals surface area contributed by atoms with E-state index in [0.29, 0.717) is 12.6 Å². The summed E-state index contributed by atoms with van der Waals surface area (Å²) < 4.78 is 0. The van der Waals surface area contributed by atoms with E-state index in [0.717, 1.165) is 11.5 Å². The van der Waals surface area contributed by atoms with E-state index < -0.39 is 6.10 Å². The third kappa shape index (κ3) is 2.83. The molecular weight excluding hydrogens is 262 g/mol. The molecule has 1 fully saturated rings. The molecule has 1 aliphatic rings. The molecule has 2 aromatic rings. The minimum Gasteiger partial charge on any atom is -0.387 e. The molecule has 0 spiro atoms. The molecule has 96 valence electrons. The summed E-state index contributed by atoms with van der Waals surface area (Å²) in [6.07, 6.45) is 2.23. The van der Waals surface area contributed by atoms with Crippen molar-refractivity contribution in [1.29, 1.82) is 0 Å². The molecule has 2 atom stereocenters. The van der Waals surface area contributed by atoms with Crippen LogP contribution in [-0.4, -0.2) is 11.7 Å². The van der Waals surface area contributed by atoms with Crippen LogP contribution in [0.5, 0.6) is 0 Å². The summed E-state index contributed by atoms with van der Waals surface area (Å²) in [5, 5.41) is 19.8. The maximum atomic E-state index is 10.1. The maximum absolute atomic E-state index is 10.1. The van der Waals surface area contributed by atoms with Crippen LogP contribution in [0.3, 0.4) is 0 Å². The van der Waals surface area contributed by atoms with Gasteiger partial charge in [0.1, 0.15) is 0 Å². The minimum atomic E-state index is -0.391. The highest BCUT2D eigenvalue weighted by atomic mass is 32.1. The summed E-state index contributed by atoms with van der Waals surface area (Å²) >= 11 is 3.44. The second-order valence-electron chi connectivity index (χ2n) is 4.81. The fourth-order valence-electron chi connectivity index (χ4n) is 2.22. The standard InChI is InChI=1S/C14H17NOS2/c16-12(11-5-7-17-9-11)8-15-14(10-3-4-10)13-2-1-6-18-13/h1-2,5-7,9-10,12,14-16H,3-4,8H2. The molecule has 2 unspecified atom stereocenters. The fourth-order valence-corrected chi connectivity index (χ4v) is 3.82. The third-order valence-electron chi connectivity index (χ3n) is 3.40. The average molecular weight is 279 g/mol. The van der Waals surface area contributed by atoms with E-state index in [1.165, 1.54) is 17.7 Å². The van der Waals surface area contributed by atoms with Crippen molar-refractivity contribution in [1.82, 2.24) is 5.32 Å². The van der Waals surface area contributed by atoms with Gasteiger partial charge in [-0.05, 0) is 52.6 Å². The van der Waals surface area contributed by atoms with Gasteiger partial charge in [0.15, 0.2) is 0 Å². The molecule has 4 heteroatoms. The summed E-state index contributed by atoms with van der Waals surface area (Å²) in [4.78, 5) is 1.40. The van der Waals surface area contributed by atoms with Crippen LogP contribution in [-0.2, 0) is 0 Å². The van der Waals surface area contributed by atoms with E-state index in [4.69, 9.17) is 0 Å². The molecule has 1 saturated carbocycles. The monoisotopic (exact) mass is 279 g/mol. The molecule has 0 saturated heterocycles. The van der Waals surface area contributed by atoms with Crippen molar-refractivity contribution in [3.63, 3.8) is 0 Å². The summed E-state index contributed by atoms with van der Waals surface area (Å²) in [6.45, 7) is 0.635. The Labute approximate surface area is 115 Å². The van der Waals surface area contributed by atoms with E-state index in [1.807, 2.05) is 16.8 Å². The van der Waals surface area contributed by atoms with Crippen molar-refractivity contribution in [3.05, 3.63) is 44.8 Å². The Bertz CT molecular complexity index is 462. The normalized spacial score (nSPS) is 18.7. The lowest BCUT2D eigenvalue weighted by Gasteiger charge is -2.19. The molecule has 0 aromatic carbocycles. The van der Waals surface area contributed by atoms with Gasteiger partial charge < -0.3 is 10.4 Å². The van der Waals surface area contributed by atoms with Crippen LogP contribution in [0.15, 0.2) is 34.3 Å². The summed E-state index contributed by atoms with van der Waals surface area (Å²) in [5.41, 5.74) is 1.02. The topological polar surface area (TPSA) is 32.3 Å². The number of nitrogens with one attached hydrogen (secondary N) is 1. The predicted molar refractivity (Wildman–Crippen MR) is 77.1 cm³/mol. The molecule has 0 amide bonds. The van der Waals surface area contributed by atoms with E-state index in [9.17, 15) is 5.11 Å². The first-order valence-electron chi connectivity index (χ1n) is 6.31. The first-order chi connectivity index (χ1) is 8.84. The van der Waals surface area contributed by atoms with Crippen LogP contribution >= 0.6 is 22.7 Å². The molecule has 0 bridgehead atoms. The van der Waals surface area contributed by atoms with Gasteiger partial charge in [0, 0.05) is 17.5 Å². The highest BCUT2D eigenvalue weighted by molar-refractivity contribution is 7.10. The van der Waals surface area contributed by atoms with Crippen molar-refractivity contribution in [2.75, 3.05) is 6.54 Å². The number of hydrogen-bond acceptors (Lipinski definition) is 4. The van der Waals surface area contributed by atoms with Crippen molar-refractivity contribution < 1.29 is 5.11 Å². The highest BCUT2D eigenvalue weighted by Crippen LogP contribution is 2.42. The molecule has 2 heterocycles. The molecule has 0 radical (unpaired) electrons. The molecular formula is C14H17NOS2. The van der Waals surface area contributed by atoms with Crippen molar-refractivity contribution >= 4 is 22.7 Å². The number of rotatable bonds is 6. The Morgan fingerprint density at radius 2 is 2.22 bits per heavy atom. The first kappa shape index (κ1) is 12.4. The van der Waals surface area contributed by atoms with Gasteiger partial charge >= 0.3 is 0 Å². The Balaban J connectivity index is 1.60. The van der Waals surface area contributed by atoms with Crippen LogP contribution in [0.4, 0.5) is 0 Å². The van der Waals surface area contributed by atoms with Crippen LogP contribution in [0.25, 0.3) is 0 Å². The van der Waals surface area contributed by atoms with Gasteiger partial charge in [-0.15, -0.1) is 11.3 Å². The highest BCUT2D eigenvalue weighted by Gasteiger charge is 2.32. The number of thiophene rings is 2. The summed E-state index contributed by atoms with van der Waals surface area (Å²) in [6, 6.07) is 6.72. The van der Waals surface area contributed by atoms with Crippen LogP contribution in [0, 0.1) is 5.92 Å². The van der Waals surface area contributed by atoms with Gasteiger partial charge in [-0.25, -0.2) is 0 Å². The van der Waals surface area contributed by atoms with Gasteiger partial charge in [-0.1, -0.05) is 6.07 Å². The Morgan fingerprint density at radius 1 is 1.33 bits per heavy atom. The summed E-state index contributed by atoms with van der Waals surface area (Å²) in [7, 11) is 0. The van der Waals surface area contributed by atoms with Crippen molar-refractivity contribution in [3.8, 4) is 0 Å². The van der Waals surface area contributed by atoms with E-state index in [1.54, 1.807) is 22.7 Å². The summed E-state index contributed by atoms with van der Waals surface area (Å²) in [5.74, 6) is 0.762. The maximum Gasteiger partial charge on any atom is 0.0922 e. The van der Waals surface area contributed by atoms with Crippen LogP contribution in [0.1, 0.15) is 35.4 Å². The average Bonchev–Trinajstić information content (AvgIpc) is 2.87. The lowest BCUT2D eigenvalue weighted by molar-refractivity contribution is 0.168. The lowest BCUT2D eigenvalue weighted by Crippen LogP contribution is -2.27. The molecule has 2 aromatic heterocycles. The lowest BCUT2D eigenvalue weighted by atomic mass is 10.1. The van der Waals surface area contributed by atoms with E-state index in [2.05, 4.69) is 22.8 Å². The first-order valence-corrected chi connectivity index (χ1v) is 8.14. The second kappa shape index (κ2) is 5.53. The Morgan fingerprint density at radius 3 is 2.83 bits per heavy atom. The number of aliphatic hydroxyl groups is 1. The van der Waals surface area contributed by atoms with Crippen molar-refractivity contribution in [2.45, 2.75) is 25.0 Å². The van der Waals surface area contributed by atoms with Gasteiger partial charge in [0.05, 0.1) is 6.10 Å². The zero-order chi connectivity index (χ0) is 12.4. The SMILES string of the molecule is OC(CNC(c1cccs1)C1CC1)c1ccsc1. The zero-order valence-corrected chi connectivity index (χ0v) is 11.7. The van der Waals surface area contributed by atoms with Crippen LogP contribution in [0.2, 0.25) is 0 Å². The minimum absolute atomic E-state index is 0.391. The van der Waals surface area contributed by atoms with E-state index in [-0.39, 0.29) is 0 Å². The molecule has 3 rings (SSSR count). The fraction of sp³-hybridized carbons (Fsp3) is 0.429. The number of aliphatic hydroxyl groups excluding tert-OH is 1. The van der Waals surface area contributed by atoms with Crippen LogP contribution < -0.4 is 5.32 Å². The molecule has 18 heavy (non-hydrogen) atoms. The second-order valence-corrected chi connectivity index (χ2v) is 6.57. The number of hydrogen-bond donors (Lipinski definition) is 2. The zero-order valence-electron chi connectivity index (χ0n) is 10.1. The molecule has 1 aliphatic carbocycles. The third-order valence-corrected chi connectivity index (χ3v) is 5.06. The predicted octanol–water partition coefficient (Wildman–Crippen LogP) is 3.58. The molecule has 2 N–H and O–H groups in total. The smallest absolute Gasteiger partial charge is 0.0922 e.